The van der Waals surface area contributed by atoms with Gasteiger partial charge in [0.1, 0.15) is 0 Å². The first-order chi connectivity index (χ1) is 13.6. The minimum absolute atomic E-state index is 0.205. The van der Waals surface area contributed by atoms with Gasteiger partial charge in [0.15, 0.2) is 0 Å². The van der Waals surface area contributed by atoms with Gasteiger partial charge < -0.3 is 5.32 Å². The highest BCUT2D eigenvalue weighted by atomic mass is 32.2. The van der Waals surface area contributed by atoms with Crippen LogP contribution in [0.15, 0.2) is 41.6 Å². The van der Waals surface area contributed by atoms with E-state index in [0.717, 1.165) is 44.2 Å². The van der Waals surface area contributed by atoms with Gasteiger partial charge in [-0.25, -0.2) is 0 Å². The van der Waals surface area contributed by atoms with Crippen LogP contribution < -0.4 is 10.0 Å². The summed E-state index contributed by atoms with van der Waals surface area (Å²) < 4.78 is 27.6. The third kappa shape index (κ3) is 3.03. The van der Waals surface area contributed by atoms with Crippen molar-refractivity contribution in [2.45, 2.75) is 43.7 Å². The standard InChI is InChI=1S/C20H21N5O2S/c26-28(27,25-15-8-2-1-3-9-15)20-22-19(23-24-20)21-18-16-10-4-6-13(16)12-14-7-5-11-17(14)18/h1-3,8-9,12,25H,4-7,10-11H2,(H2,21,22,23,24). The van der Waals surface area contributed by atoms with Crippen LogP contribution in [0.4, 0.5) is 17.3 Å². The van der Waals surface area contributed by atoms with Crippen LogP contribution in [0.25, 0.3) is 0 Å². The van der Waals surface area contributed by atoms with E-state index in [-0.39, 0.29) is 5.16 Å². The molecule has 0 spiro atoms. The van der Waals surface area contributed by atoms with E-state index in [1.807, 2.05) is 6.07 Å². The fourth-order valence-electron chi connectivity index (χ4n) is 4.22. The number of rotatable bonds is 5. The van der Waals surface area contributed by atoms with E-state index in [0.29, 0.717) is 11.6 Å². The van der Waals surface area contributed by atoms with E-state index in [4.69, 9.17) is 0 Å². The van der Waals surface area contributed by atoms with Crippen LogP contribution in [0.5, 0.6) is 0 Å². The fourth-order valence-corrected chi connectivity index (χ4v) is 5.14. The van der Waals surface area contributed by atoms with E-state index in [1.165, 1.54) is 22.3 Å². The second-order valence-corrected chi connectivity index (χ2v) is 8.91. The van der Waals surface area contributed by atoms with Crippen LogP contribution in [0.2, 0.25) is 0 Å². The summed E-state index contributed by atoms with van der Waals surface area (Å²) in [6, 6.07) is 11.1. The molecule has 0 amide bonds. The zero-order chi connectivity index (χ0) is 19.1. The molecule has 0 bridgehead atoms. The lowest BCUT2D eigenvalue weighted by Gasteiger charge is -2.15. The van der Waals surface area contributed by atoms with Gasteiger partial charge in [-0.2, -0.15) is 8.42 Å². The van der Waals surface area contributed by atoms with Crippen molar-refractivity contribution in [1.82, 2.24) is 15.2 Å². The van der Waals surface area contributed by atoms with Crippen LogP contribution >= 0.6 is 0 Å². The number of H-pyrrole nitrogens is 1. The molecule has 0 saturated carbocycles. The Hall–Kier alpha value is -2.87. The van der Waals surface area contributed by atoms with E-state index in [2.05, 4.69) is 31.3 Å². The van der Waals surface area contributed by atoms with Crippen molar-refractivity contribution in [3.8, 4) is 0 Å². The van der Waals surface area contributed by atoms with Crippen molar-refractivity contribution in [1.29, 1.82) is 0 Å². The number of aryl methyl sites for hydroxylation is 2. The SMILES string of the molecule is O=S(=O)(Nc1ccccc1)c1nnc(Nc2c3c(cc4c2CCC4)CCC3)[nH]1. The maximum atomic E-state index is 12.6. The molecule has 0 atom stereocenters. The summed E-state index contributed by atoms with van der Waals surface area (Å²) in [5, 5.41) is 11.0. The molecule has 3 N–H and O–H groups in total. The molecule has 144 valence electrons. The zero-order valence-corrected chi connectivity index (χ0v) is 16.1. The first kappa shape index (κ1) is 17.2. The number of hydrogen-bond donors (Lipinski definition) is 3. The summed E-state index contributed by atoms with van der Waals surface area (Å²) in [6.07, 6.45) is 6.61. The molecule has 1 aromatic heterocycles. The molecule has 2 aromatic carbocycles. The van der Waals surface area contributed by atoms with E-state index in [1.54, 1.807) is 24.3 Å². The lowest BCUT2D eigenvalue weighted by atomic mass is 9.99. The molecule has 28 heavy (non-hydrogen) atoms. The van der Waals surface area contributed by atoms with Crippen molar-refractivity contribution in [3.05, 3.63) is 58.7 Å². The Morgan fingerprint density at radius 3 is 2.25 bits per heavy atom. The van der Waals surface area contributed by atoms with Gasteiger partial charge in [-0.1, -0.05) is 24.3 Å². The molecule has 8 heteroatoms. The Morgan fingerprint density at radius 2 is 1.57 bits per heavy atom. The number of nitrogens with one attached hydrogen (secondary N) is 3. The molecule has 0 fully saturated rings. The number of nitrogens with zero attached hydrogens (tertiary/aromatic N) is 2. The smallest absolute Gasteiger partial charge is 0.297 e. The molecule has 7 nitrogen and oxygen atoms in total. The molecule has 0 radical (unpaired) electrons. The highest BCUT2D eigenvalue weighted by Gasteiger charge is 2.25. The van der Waals surface area contributed by atoms with Gasteiger partial charge >= 0.3 is 0 Å². The van der Waals surface area contributed by atoms with Gasteiger partial charge in [0.05, 0.1) is 0 Å². The number of fused-ring (bicyclic) bond motifs is 2. The average molecular weight is 395 g/mol. The molecule has 0 aliphatic heterocycles. The Morgan fingerprint density at radius 1 is 0.893 bits per heavy atom. The van der Waals surface area contributed by atoms with Crippen molar-refractivity contribution >= 4 is 27.3 Å². The van der Waals surface area contributed by atoms with Crippen molar-refractivity contribution in [2.24, 2.45) is 0 Å². The largest absolute Gasteiger partial charge is 0.324 e. The third-order valence-corrected chi connectivity index (χ3v) is 6.66. The summed E-state index contributed by atoms with van der Waals surface area (Å²) in [6.45, 7) is 0. The second kappa shape index (κ2) is 6.63. The summed E-state index contributed by atoms with van der Waals surface area (Å²) in [5.41, 5.74) is 7.06. The maximum absolute atomic E-state index is 12.6. The fraction of sp³-hybridized carbons (Fsp3) is 0.300. The average Bonchev–Trinajstić information content (AvgIpc) is 3.42. The number of hydrogen-bond acceptors (Lipinski definition) is 5. The quantitative estimate of drug-likeness (QED) is 0.615. The predicted molar refractivity (Wildman–Crippen MR) is 107 cm³/mol. The number of aromatic amines is 1. The molecule has 5 rings (SSSR count). The number of benzene rings is 2. The first-order valence-corrected chi connectivity index (χ1v) is 11.0. The first-order valence-electron chi connectivity index (χ1n) is 9.54. The van der Waals surface area contributed by atoms with Gasteiger partial charge in [-0.15, -0.1) is 10.2 Å². The summed E-state index contributed by atoms with van der Waals surface area (Å²) in [5.74, 6) is 0.350. The molecule has 1 heterocycles. The number of aromatic nitrogens is 3. The molecule has 2 aliphatic rings. The van der Waals surface area contributed by atoms with E-state index in [9.17, 15) is 8.42 Å². The molecular formula is C20H21N5O2S. The lowest BCUT2D eigenvalue weighted by molar-refractivity contribution is 0.593. The Bertz CT molecular complexity index is 1110. The predicted octanol–water partition coefficient (Wildman–Crippen LogP) is 3.33. The zero-order valence-electron chi connectivity index (χ0n) is 15.3. The van der Waals surface area contributed by atoms with Crippen molar-refractivity contribution < 1.29 is 8.42 Å². The minimum Gasteiger partial charge on any atom is -0.324 e. The number of anilines is 3. The van der Waals surface area contributed by atoms with Gasteiger partial charge in [-0.3, -0.25) is 9.71 Å². The van der Waals surface area contributed by atoms with Gasteiger partial charge in [0.25, 0.3) is 15.2 Å². The Kier molecular flexibility index (Phi) is 4.08. The third-order valence-electron chi connectivity index (χ3n) is 5.46. The van der Waals surface area contributed by atoms with Crippen molar-refractivity contribution in [2.75, 3.05) is 10.0 Å². The van der Waals surface area contributed by atoms with Gasteiger partial charge in [0, 0.05) is 11.4 Å². The van der Waals surface area contributed by atoms with Crippen LogP contribution in [-0.4, -0.2) is 23.6 Å². The number of para-hydroxylation sites is 1. The number of sulfonamides is 1. The summed E-state index contributed by atoms with van der Waals surface area (Å²) >= 11 is 0. The van der Waals surface area contributed by atoms with E-state index < -0.39 is 10.0 Å². The lowest BCUT2D eigenvalue weighted by Crippen LogP contribution is -2.14. The highest BCUT2D eigenvalue weighted by molar-refractivity contribution is 7.92. The molecule has 2 aliphatic carbocycles. The molecular weight excluding hydrogens is 374 g/mol. The van der Waals surface area contributed by atoms with Crippen LogP contribution in [0, 0.1) is 0 Å². The molecule has 0 unspecified atom stereocenters. The van der Waals surface area contributed by atoms with Gasteiger partial charge in [-0.05, 0) is 72.9 Å². The minimum atomic E-state index is -3.83. The van der Waals surface area contributed by atoms with Crippen LogP contribution in [0.1, 0.15) is 35.1 Å². The normalized spacial score (nSPS) is 15.3. The van der Waals surface area contributed by atoms with Crippen molar-refractivity contribution in [3.63, 3.8) is 0 Å². The van der Waals surface area contributed by atoms with Gasteiger partial charge in [0.2, 0.25) is 5.95 Å². The monoisotopic (exact) mass is 395 g/mol. The van der Waals surface area contributed by atoms with E-state index >= 15 is 0 Å². The van der Waals surface area contributed by atoms with Crippen LogP contribution in [0.3, 0.4) is 0 Å². The summed E-state index contributed by atoms with van der Waals surface area (Å²) in [4.78, 5) is 2.82. The molecule has 3 aromatic rings. The maximum Gasteiger partial charge on any atom is 0.297 e. The summed E-state index contributed by atoms with van der Waals surface area (Å²) in [7, 11) is -3.83. The topological polar surface area (TPSA) is 99.8 Å². The Labute approximate surface area is 163 Å². The van der Waals surface area contributed by atoms with Crippen LogP contribution in [-0.2, 0) is 35.7 Å². The molecule has 0 saturated heterocycles. The Balaban J connectivity index is 1.44. The second-order valence-electron chi connectivity index (χ2n) is 7.31. The highest BCUT2D eigenvalue weighted by Crippen LogP contribution is 2.39.